The summed E-state index contributed by atoms with van der Waals surface area (Å²) in [5.74, 6) is 0.0827. The maximum Gasteiger partial charge on any atom is 0.262 e. The molecule has 0 saturated carbocycles. The Morgan fingerprint density at radius 3 is 2.43 bits per heavy atom. The molecule has 0 atom stereocenters. The van der Waals surface area contributed by atoms with Gasteiger partial charge in [0, 0.05) is 27.3 Å². The number of amides is 1. The molecule has 7 heteroatoms. The molecule has 0 heterocycles. The van der Waals surface area contributed by atoms with Crippen LogP contribution >= 0.6 is 26.6 Å². The fourth-order valence-electron chi connectivity index (χ4n) is 1.45. The first-order valence-corrected chi connectivity index (χ1v) is 9.58. The second kappa shape index (κ2) is 6.67. The number of carbonyl (C=O) groups is 1. The van der Waals surface area contributed by atoms with Gasteiger partial charge >= 0.3 is 0 Å². The van der Waals surface area contributed by atoms with Gasteiger partial charge in [-0.05, 0) is 45.5 Å². The van der Waals surface area contributed by atoms with Crippen LogP contribution in [0.5, 0.6) is 0 Å². The van der Waals surface area contributed by atoms with E-state index in [0.717, 1.165) is 0 Å². The van der Waals surface area contributed by atoms with Gasteiger partial charge < -0.3 is 5.32 Å². The number of benzene rings is 1. The van der Waals surface area contributed by atoms with Gasteiger partial charge in [-0.2, -0.15) is 0 Å². The van der Waals surface area contributed by atoms with E-state index in [0.29, 0.717) is 16.9 Å². The Morgan fingerprint density at radius 1 is 1.38 bits per heavy atom. The Balaban J connectivity index is 2.95. The molecule has 0 aromatic heterocycles. The molecule has 1 aromatic carbocycles. The summed E-state index contributed by atoms with van der Waals surface area (Å²) in [4.78, 5) is 12.0. The predicted molar refractivity (Wildman–Crippen MR) is 88.1 cm³/mol. The van der Waals surface area contributed by atoms with E-state index in [2.05, 4.69) is 48.9 Å². The van der Waals surface area contributed by atoms with Crippen LogP contribution < -0.4 is 5.32 Å². The van der Waals surface area contributed by atoms with Crippen molar-refractivity contribution in [3.63, 3.8) is 0 Å². The zero-order chi connectivity index (χ0) is 16.4. The molecule has 0 radical (unpaired) electrons. The Kier molecular flexibility index (Phi) is 5.86. The minimum atomic E-state index is -3.90. The van der Waals surface area contributed by atoms with E-state index < -0.39 is 9.05 Å². The van der Waals surface area contributed by atoms with Crippen LogP contribution in [0.3, 0.4) is 0 Å². The van der Waals surface area contributed by atoms with Crippen LogP contribution in [-0.4, -0.2) is 20.9 Å². The highest BCUT2D eigenvalue weighted by Crippen LogP contribution is 2.27. The lowest BCUT2D eigenvalue weighted by Crippen LogP contribution is -2.37. The Hall–Kier alpha value is -0.590. The normalized spacial score (nSPS) is 12.5. The quantitative estimate of drug-likeness (QED) is 0.770. The molecule has 0 aliphatic carbocycles. The summed E-state index contributed by atoms with van der Waals surface area (Å²) in [6, 6.07) is 4.31. The van der Waals surface area contributed by atoms with Gasteiger partial charge in [-0.1, -0.05) is 27.7 Å². The molecule has 1 N–H and O–H groups in total. The van der Waals surface area contributed by atoms with Gasteiger partial charge in [0.15, 0.2) is 0 Å². The first-order chi connectivity index (χ1) is 9.45. The minimum absolute atomic E-state index is 0.0492. The van der Waals surface area contributed by atoms with Crippen LogP contribution in [0.2, 0.25) is 0 Å². The third-order valence-corrected chi connectivity index (χ3v) is 6.04. The fraction of sp³-hybridized carbons (Fsp3) is 0.500. The molecule has 0 spiro atoms. The zero-order valence-electron chi connectivity index (χ0n) is 12.4. The summed E-state index contributed by atoms with van der Waals surface area (Å²) in [5.41, 5.74) is 0.212. The smallest absolute Gasteiger partial charge is 0.262 e. The zero-order valence-corrected chi connectivity index (χ0v) is 15.6. The Morgan fingerprint density at radius 2 is 1.95 bits per heavy atom. The minimum Gasteiger partial charge on any atom is -0.351 e. The molecule has 1 rings (SSSR count). The number of halogens is 2. The standard InChI is InChI=1S/C14H19BrClNO3S/c1-9(2)14(3,4)8-17-13(18)10-5-6-11(15)12(7-10)21(16,19)20/h5-7,9H,8H2,1-4H3,(H,17,18). The summed E-state index contributed by atoms with van der Waals surface area (Å²) in [5, 5.41) is 2.83. The molecule has 0 bridgehead atoms. The molecule has 1 aromatic rings. The van der Waals surface area contributed by atoms with E-state index in [1.165, 1.54) is 12.1 Å². The predicted octanol–water partition coefficient (Wildman–Crippen LogP) is 3.79. The fourth-order valence-corrected chi connectivity index (χ4v) is 3.56. The highest BCUT2D eigenvalue weighted by Gasteiger charge is 2.24. The van der Waals surface area contributed by atoms with E-state index in [9.17, 15) is 13.2 Å². The lowest BCUT2D eigenvalue weighted by molar-refractivity contribution is 0.0924. The maximum absolute atomic E-state index is 12.1. The van der Waals surface area contributed by atoms with E-state index in [1.807, 2.05) is 0 Å². The summed E-state index contributed by atoms with van der Waals surface area (Å²) >= 11 is 3.11. The molecule has 0 fully saturated rings. The molecule has 0 aliphatic heterocycles. The van der Waals surface area contributed by atoms with Crippen LogP contribution in [-0.2, 0) is 9.05 Å². The average Bonchev–Trinajstić information content (AvgIpc) is 2.35. The number of carbonyl (C=O) groups excluding carboxylic acids is 1. The van der Waals surface area contributed by atoms with Crippen LogP contribution in [0.25, 0.3) is 0 Å². The van der Waals surface area contributed by atoms with Crippen molar-refractivity contribution in [2.24, 2.45) is 11.3 Å². The monoisotopic (exact) mass is 395 g/mol. The second-order valence-corrected chi connectivity index (χ2v) is 9.30. The van der Waals surface area contributed by atoms with Crippen molar-refractivity contribution in [3.8, 4) is 0 Å². The largest absolute Gasteiger partial charge is 0.351 e. The van der Waals surface area contributed by atoms with E-state index in [1.54, 1.807) is 6.07 Å². The van der Waals surface area contributed by atoms with Gasteiger partial charge in [-0.25, -0.2) is 8.42 Å². The summed E-state index contributed by atoms with van der Waals surface area (Å²) in [7, 11) is 1.44. The Bertz CT molecular complexity index is 642. The van der Waals surface area contributed by atoms with Gasteiger partial charge in [0.25, 0.3) is 15.0 Å². The van der Waals surface area contributed by atoms with Crippen LogP contribution in [0.15, 0.2) is 27.6 Å². The van der Waals surface area contributed by atoms with Crippen molar-refractivity contribution < 1.29 is 13.2 Å². The average molecular weight is 397 g/mol. The summed E-state index contributed by atoms with van der Waals surface area (Å²) in [6.45, 7) is 8.80. The molecule has 4 nitrogen and oxygen atoms in total. The van der Waals surface area contributed by atoms with Gasteiger partial charge in [0.05, 0.1) is 4.90 Å². The van der Waals surface area contributed by atoms with Crippen molar-refractivity contribution >= 4 is 41.6 Å². The molecular weight excluding hydrogens is 378 g/mol. The molecule has 0 saturated heterocycles. The number of hydrogen-bond donors (Lipinski definition) is 1. The third kappa shape index (κ3) is 4.97. The van der Waals surface area contributed by atoms with E-state index in [-0.39, 0.29) is 21.8 Å². The Labute approximate surface area is 138 Å². The molecule has 1 amide bonds. The van der Waals surface area contributed by atoms with Gasteiger partial charge in [-0.15, -0.1) is 0 Å². The van der Waals surface area contributed by atoms with Crippen molar-refractivity contribution in [1.29, 1.82) is 0 Å². The van der Waals surface area contributed by atoms with Crippen LogP contribution in [0, 0.1) is 11.3 Å². The highest BCUT2D eigenvalue weighted by molar-refractivity contribution is 9.10. The third-order valence-electron chi connectivity index (χ3n) is 3.72. The lowest BCUT2D eigenvalue weighted by atomic mass is 9.81. The summed E-state index contributed by atoms with van der Waals surface area (Å²) in [6.07, 6.45) is 0. The highest BCUT2D eigenvalue weighted by atomic mass is 79.9. The SMILES string of the molecule is CC(C)C(C)(C)CNC(=O)c1ccc(Br)c(S(=O)(=O)Cl)c1. The second-order valence-electron chi connectivity index (χ2n) is 5.91. The first kappa shape index (κ1) is 18.5. The molecule has 0 aliphatic rings. The lowest BCUT2D eigenvalue weighted by Gasteiger charge is -2.29. The molecule has 21 heavy (non-hydrogen) atoms. The van der Waals surface area contributed by atoms with Crippen LogP contribution in [0.1, 0.15) is 38.1 Å². The van der Waals surface area contributed by atoms with E-state index >= 15 is 0 Å². The van der Waals surface area contributed by atoms with Crippen molar-refractivity contribution in [2.75, 3.05) is 6.54 Å². The van der Waals surface area contributed by atoms with Crippen molar-refractivity contribution in [2.45, 2.75) is 32.6 Å². The van der Waals surface area contributed by atoms with E-state index in [4.69, 9.17) is 10.7 Å². The van der Waals surface area contributed by atoms with Crippen molar-refractivity contribution in [3.05, 3.63) is 28.2 Å². The first-order valence-electron chi connectivity index (χ1n) is 6.47. The molecule has 0 unspecified atom stereocenters. The van der Waals surface area contributed by atoms with Crippen LogP contribution in [0.4, 0.5) is 0 Å². The maximum atomic E-state index is 12.1. The van der Waals surface area contributed by atoms with Crippen molar-refractivity contribution in [1.82, 2.24) is 5.32 Å². The molecule has 118 valence electrons. The topological polar surface area (TPSA) is 63.2 Å². The molecular formula is C14H19BrClNO3S. The van der Waals surface area contributed by atoms with Gasteiger partial charge in [0.2, 0.25) is 0 Å². The van der Waals surface area contributed by atoms with Gasteiger partial charge in [-0.3, -0.25) is 4.79 Å². The van der Waals surface area contributed by atoms with Gasteiger partial charge in [0.1, 0.15) is 0 Å². The number of rotatable bonds is 5. The number of nitrogens with one attached hydrogen (secondary N) is 1. The number of hydrogen-bond acceptors (Lipinski definition) is 3. The summed E-state index contributed by atoms with van der Waals surface area (Å²) < 4.78 is 23.2.